The molecule has 8 nitrogen and oxygen atoms in total. The van der Waals surface area contributed by atoms with Crippen LogP contribution in [0.4, 0.5) is 17.6 Å². The minimum atomic E-state index is -5.27. The van der Waals surface area contributed by atoms with Crippen LogP contribution < -0.4 is 20.5 Å². The number of aromatic nitrogens is 1. The van der Waals surface area contributed by atoms with Gasteiger partial charge in [-0.25, -0.2) is 9.37 Å². The second-order valence-electron chi connectivity index (χ2n) is 10.3. The highest BCUT2D eigenvalue weighted by Crippen LogP contribution is 2.46. The number of aliphatic hydroxyl groups is 2. The first-order chi connectivity index (χ1) is 18.8. The van der Waals surface area contributed by atoms with E-state index in [0.717, 1.165) is 31.0 Å². The lowest BCUT2D eigenvalue weighted by molar-refractivity contribution is -0.265. The molecule has 212 valence electrons. The van der Waals surface area contributed by atoms with Crippen LogP contribution in [0.5, 0.6) is 11.5 Å². The van der Waals surface area contributed by atoms with Crippen LogP contribution in [-0.4, -0.2) is 46.5 Å². The minimum Gasteiger partial charge on any atom is -0.490 e. The average molecular weight is 562 g/mol. The Labute approximate surface area is 226 Å². The van der Waals surface area contributed by atoms with E-state index in [1.54, 1.807) is 6.92 Å². The summed E-state index contributed by atoms with van der Waals surface area (Å²) in [7, 11) is 0. The zero-order valence-corrected chi connectivity index (χ0v) is 21.4. The molecule has 2 heterocycles. The number of carbonyl (C=O) groups excluding carboxylic acids is 1. The van der Waals surface area contributed by atoms with Gasteiger partial charge in [0.2, 0.25) is 5.60 Å². The van der Waals surface area contributed by atoms with Gasteiger partial charge in [-0.3, -0.25) is 4.79 Å². The van der Waals surface area contributed by atoms with Crippen molar-refractivity contribution < 1.29 is 42.0 Å². The van der Waals surface area contributed by atoms with E-state index in [1.165, 1.54) is 30.3 Å². The van der Waals surface area contributed by atoms with E-state index in [-0.39, 0.29) is 53.2 Å². The van der Waals surface area contributed by atoms with Gasteiger partial charge in [0.25, 0.3) is 5.91 Å². The Balaban J connectivity index is 1.50. The maximum Gasteiger partial charge on any atom is 0.424 e. The van der Waals surface area contributed by atoms with Crippen LogP contribution in [0.3, 0.4) is 0 Å². The molecule has 2 unspecified atom stereocenters. The zero-order valence-electron chi connectivity index (χ0n) is 21.4. The van der Waals surface area contributed by atoms with Crippen LogP contribution in [0.25, 0.3) is 11.3 Å². The standard InChI is InChI=1S/C28H27F4N3O5/c1-26(33)14-39-24-20(26)11-22(35-23(24)15-4-6-18(29)7-5-15)27(38,28(30,31)32)13-34-25(37)16-2-3-17(12-36)21(10-16)40-19-8-9-19/h2-7,10-11,19,36,38H,8-9,12-14,33H2,1H3,(H,34,37). The summed E-state index contributed by atoms with van der Waals surface area (Å²) in [4.78, 5) is 17.0. The van der Waals surface area contributed by atoms with E-state index in [1.807, 2.05) is 0 Å². The Morgan fingerprint density at radius 1 is 1.20 bits per heavy atom. The molecule has 5 rings (SSSR count). The van der Waals surface area contributed by atoms with Gasteiger partial charge in [-0.15, -0.1) is 0 Å². The Bertz CT molecular complexity index is 1440. The smallest absolute Gasteiger partial charge is 0.424 e. The number of nitrogens with zero attached hydrogens (tertiary/aromatic N) is 1. The van der Waals surface area contributed by atoms with Gasteiger partial charge in [-0.1, -0.05) is 6.07 Å². The van der Waals surface area contributed by atoms with Gasteiger partial charge >= 0.3 is 6.18 Å². The van der Waals surface area contributed by atoms with E-state index in [2.05, 4.69) is 10.3 Å². The molecule has 0 saturated heterocycles. The van der Waals surface area contributed by atoms with Gasteiger partial charge < -0.3 is 30.7 Å². The maximum absolute atomic E-state index is 14.5. The van der Waals surface area contributed by atoms with Gasteiger partial charge in [0, 0.05) is 22.3 Å². The van der Waals surface area contributed by atoms with Crippen LogP contribution in [0.2, 0.25) is 0 Å². The van der Waals surface area contributed by atoms with E-state index < -0.39 is 41.3 Å². The lowest BCUT2D eigenvalue weighted by Crippen LogP contribution is -2.51. The van der Waals surface area contributed by atoms with Crippen molar-refractivity contribution in [2.75, 3.05) is 13.2 Å². The molecule has 1 amide bonds. The summed E-state index contributed by atoms with van der Waals surface area (Å²) in [6.07, 6.45) is -3.68. The Hall–Kier alpha value is -3.74. The Morgan fingerprint density at radius 2 is 1.90 bits per heavy atom. The average Bonchev–Trinajstić information content (AvgIpc) is 3.68. The summed E-state index contributed by atoms with van der Waals surface area (Å²) < 4.78 is 68.4. The number of benzene rings is 2. The lowest BCUT2D eigenvalue weighted by atomic mass is 9.89. The molecule has 1 aliphatic carbocycles. The maximum atomic E-state index is 14.5. The molecule has 1 aromatic heterocycles. The van der Waals surface area contributed by atoms with Crippen molar-refractivity contribution in [2.24, 2.45) is 5.73 Å². The molecule has 2 aliphatic rings. The summed E-state index contributed by atoms with van der Waals surface area (Å²) in [5, 5.41) is 22.8. The zero-order chi connectivity index (χ0) is 28.9. The van der Waals surface area contributed by atoms with Crippen molar-refractivity contribution in [3.8, 4) is 22.8 Å². The molecule has 12 heteroatoms. The highest BCUT2D eigenvalue weighted by Gasteiger charge is 2.57. The molecular formula is C28H27F4N3O5. The monoisotopic (exact) mass is 561 g/mol. The SMILES string of the molecule is CC1(N)COc2c1cc(C(O)(CNC(=O)c1ccc(CO)c(OC3CC3)c1)C(F)(F)F)nc2-c1ccc(F)cc1. The number of nitrogens with two attached hydrogens (primary N) is 1. The third-order valence-electron chi connectivity index (χ3n) is 6.94. The third-order valence-corrected chi connectivity index (χ3v) is 6.94. The highest BCUT2D eigenvalue weighted by molar-refractivity contribution is 5.94. The largest absolute Gasteiger partial charge is 0.490 e. The van der Waals surface area contributed by atoms with Crippen molar-refractivity contribution in [3.05, 3.63) is 76.7 Å². The van der Waals surface area contributed by atoms with Crippen molar-refractivity contribution >= 4 is 5.91 Å². The quantitative estimate of drug-likeness (QED) is 0.309. The number of aliphatic hydroxyl groups excluding tert-OH is 1. The van der Waals surface area contributed by atoms with Crippen molar-refractivity contribution in [3.63, 3.8) is 0 Å². The second-order valence-corrected chi connectivity index (χ2v) is 10.3. The number of alkyl halides is 3. The first-order valence-electron chi connectivity index (χ1n) is 12.5. The van der Waals surface area contributed by atoms with E-state index >= 15 is 0 Å². The topological polar surface area (TPSA) is 127 Å². The minimum absolute atomic E-state index is 0.0192. The summed E-state index contributed by atoms with van der Waals surface area (Å²) >= 11 is 0. The van der Waals surface area contributed by atoms with Crippen LogP contribution in [-0.2, 0) is 17.7 Å². The highest BCUT2D eigenvalue weighted by atomic mass is 19.4. The first-order valence-corrected chi connectivity index (χ1v) is 12.5. The molecule has 1 fully saturated rings. The molecule has 3 aromatic rings. The molecule has 2 atom stereocenters. The third kappa shape index (κ3) is 5.21. The number of hydrogen-bond donors (Lipinski definition) is 4. The van der Waals surface area contributed by atoms with Gasteiger partial charge in [0.05, 0.1) is 30.5 Å². The number of hydrogen-bond acceptors (Lipinski definition) is 7. The van der Waals surface area contributed by atoms with Crippen LogP contribution in [0.15, 0.2) is 48.5 Å². The number of amides is 1. The molecular weight excluding hydrogens is 534 g/mol. The first kappa shape index (κ1) is 27.8. The number of carbonyl (C=O) groups is 1. The summed E-state index contributed by atoms with van der Waals surface area (Å²) in [5.74, 6) is -1.08. The predicted octanol–water partition coefficient (Wildman–Crippen LogP) is 3.67. The predicted molar refractivity (Wildman–Crippen MR) is 135 cm³/mol. The fourth-order valence-electron chi connectivity index (χ4n) is 4.37. The number of pyridine rings is 1. The number of ether oxygens (including phenoxy) is 2. The molecule has 5 N–H and O–H groups in total. The number of nitrogens with one attached hydrogen (secondary N) is 1. The van der Waals surface area contributed by atoms with Crippen molar-refractivity contribution in [1.82, 2.24) is 10.3 Å². The summed E-state index contributed by atoms with van der Waals surface area (Å²) in [6.45, 7) is -0.116. The van der Waals surface area contributed by atoms with Gasteiger partial charge in [-0.05, 0) is 62.2 Å². The molecule has 2 aromatic carbocycles. The molecule has 0 radical (unpaired) electrons. The number of halogens is 4. The summed E-state index contributed by atoms with van der Waals surface area (Å²) in [6, 6.07) is 10.0. The Kier molecular flexibility index (Phi) is 6.97. The van der Waals surface area contributed by atoms with E-state index in [4.69, 9.17) is 15.2 Å². The molecule has 1 saturated carbocycles. The second kappa shape index (κ2) is 10.0. The normalized spacial score (nSPS) is 19.9. The van der Waals surface area contributed by atoms with Gasteiger partial charge in [-0.2, -0.15) is 13.2 Å². The van der Waals surface area contributed by atoms with Crippen LogP contribution >= 0.6 is 0 Å². The van der Waals surface area contributed by atoms with Crippen LogP contribution in [0, 0.1) is 5.82 Å². The molecule has 0 spiro atoms. The van der Waals surface area contributed by atoms with Gasteiger partial charge in [0.1, 0.15) is 23.9 Å². The lowest BCUT2D eigenvalue weighted by Gasteiger charge is -2.31. The molecule has 40 heavy (non-hydrogen) atoms. The Morgan fingerprint density at radius 3 is 2.52 bits per heavy atom. The van der Waals surface area contributed by atoms with E-state index in [0.29, 0.717) is 5.56 Å². The fourth-order valence-corrected chi connectivity index (χ4v) is 4.37. The van der Waals surface area contributed by atoms with Crippen molar-refractivity contribution in [2.45, 2.75) is 49.8 Å². The molecule has 1 aliphatic heterocycles. The molecule has 0 bridgehead atoms. The summed E-state index contributed by atoms with van der Waals surface area (Å²) in [5.41, 5.74) is 1.42. The van der Waals surface area contributed by atoms with Crippen molar-refractivity contribution in [1.29, 1.82) is 0 Å². The van der Waals surface area contributed by atoms with E-state index in [9.17, 15) is 32.6 Å². The number of fused-ring (bicyclic) bond motifs is 1. The van der Waals surface area contributed by atoms with Crippen LogP contribution in [0.1, 0.15) is 46.9 Å². The fraction of sp³-hybridized carbons (Fsp3) is 0.357. The number of rotatable bonds is 8. The van der Waals surface area contributed by atoms with Gasteiger partial charge in [0.15, 0.2) is 5.75 Å².